The maximum Gasteiger partial charge on any atom is 0.131 e. The average molecular weight is 241 g/mol. The number of imidazole rings is 1. The summed E-state index contributed by atoms with van der Waals surface area (Å²) in [4.78, 5) is 7.79. The summed E-state index contributed by atoms with van der Waals surface area (Å²) in [6.07, 6.45) is 0.753. The number of alkyl halides is 2. The molecule has 1 aliphatic carbocycles. The van der Waals surface area contributed by atoms with Crippen LogP contribution in [0.1, 0.15) is 19.2 Å². The molecule has 15 heavy (non-hydrogen) atoms. The summed E-state index contributed by atoms with van der Waals surface area (Å²) in [5.74, 6) is 0.883. The molecule has 2 nitrogen and oxygen atoms in total. The molecule has 78 valence electrons. The third kappa shape index (κ3) is 1.21. The zero-order valence-corrected chi connectivity index (χ0v) is 9.73. The van der Waals surface area contributed by atoms with E-state index in [0.29, 0.717) is 0 Å². The van der Waals surface area contributed by atoms with Gasteiger partial charge in [-0.05, 0) is 25.5 Å². The predicted molar refractivity (Wildman–Crippen MR) is 62.5 cm³/mol. The van der Waals surface area contributed by atoms with Crippen molar-refractivity contribution in [1.29, 1.82) is 0 Å². The van der Waals surface area contributed by atoms with E-state index in [1.165, 1.54) is 0 Å². The van der Waals surface area contributed by atoms with Crippen LogP contribution >= 0.6 is 23.2 Å². The number of hydrogen-bond acceptors (Lipinski definition) is 1. The van der Waals surface area contributed by atoms with Crippen LogP contribution < -0.4 is 0 Å². The van der Waals surface area contributed by atoms with Gasteiger partial charge in [-0.15, -0.1) is 23.2 Å². The van der Waals surface area contributed by atoms with Gasteiger partial charge in [0.25, 0.3) is 0 Å². The Hall–Kier alpha value is -0.730. The molecule has 0 bridgehead atoms. The fraction of sp³-hybridized carbons (Fsp3) is 0.364. The third-order valence-corrected chi connectivity index (χ3v) is 4.27. The van der Waals surface area contributed by atoms with Crippen LogP contribution in [0.5, 0.6) is 0 Å². The Morgan fingerprint density at radius 3 is 2.60 bits per heavy atom. The van der Waals surface area contributed by atoms with Gasteiger partial charge in [-0.25, -0.2) is 4.98 Å². The Morgan fingerprint density at radius 2 is 2.00 bits per heavy atom. The number of aromatic nitrogens is 2. The molecule has 1 saturated carbocycles. The van der Waals surface area contributed by atoms with Crippen LogP contribution in [0.15, 0.2) is 24.3 Å². The predicted octanol–water partition coefficient (Wildman–Crippen LogP) is 3.40. The second kappa shape index (κ2) is 2.69. The molecule has 1 aromatic heterocycles. The van der Waals surface area contributed by atoms with Crippen LogP contribution in [0, 0.1) is 0 Å². The molecule has 1 N–H and O–H groups in total. The zero-order chi connectivity index (χ0) is 10.7. The fourth-order valence-electron chi connectivity index (χ4n) is 1.87. The van der Waals surface area contributed by atoms with Crippen molar-refractivity contribution >= 4 is 34.2 Å². The first-order valence-electron chi connectivity index (χ1n) is 4.86. The van der Waals surface area contributed by atoms with Gasteiger partial charge in [0.15, 0.2) is 0 Å². The largest absolute Gasteiger partial charge is 0.341 e. The molecule has 1 aromatic carbocycles. The number of fused-ring (bicyclic) bond motifs is 1. The number of hydrogen-bond donors (Lipinski definition) is 1. The molecular formula is C11H10Cl2N2. The van der Waals surface area contributed by atoms with Gasteiger partial charge in [0.2, 0.25) is 0 Å². The Bertz CT molecular complexity index is 499. The monoisotopic (exact) mass is 240 g/mol. The maximum absolute atomic E-state index is 6.12. The SMILES string of the molecule is CC1(c2nc3ccccc3[nH]2)CC1(Cl)Cl. The zero-order valence-electron chi connectivity index (χ0n) is 8.22. The van der Waals surface area contributed by atoms with E-state index < -0.39 is 4.33 Å². The van der Waals surface area contributed by atoms with Crippen LogP contribution in [0.3, 0.4) is 0 Å². The normalized spacial score (nSPS) is 28.2. The Labute approximate surface area is 97.6 Å². The van der Waals surface area contributed by atoms with Gasteiger partial charge in [0.1, 0.15) is 10.2 Å². The highest BCUT2D eigenvalue weighted by Crippen LogP contribution is 2.63. The van der Waals surface area contributed by atoms with Crippen molar-refractivity contribution in [3.8, 4) is 0 Å². The molecule has 0 radical (unpaired) electrons. The van der Waals surface area contributed by atoms with Crippen molar-refractivity contribution < 1.29 is 0 Å². The standard InChI is InChI=1S/C11H10Cl2N2/c1-10(6-11(10,12)13)9-14-7-4-2-3-5-8(7)15-9/h2-5H,6H2,1H3,(H,14,15). The van der Waals surface area contributed by atoms with E-state index in [4.69, 9.17) is 23.2 Å². The van der Waals surface area contributed by atoms with Gasteiger partial charge in [-0.3, -0.25) is 0 Å². The van der Waals surface area contributed by atoms with Crippen molar-refractivity contribution in [2.45, 2.75) is 23.1 Å². The van der Waals surface area contributed by atoms with Crippen LogP contribution in [0.4, 0.5) is 0 Å². The minimum Gasteiger partial charge on any atom is -0.341 e. The second-order valence-corrected chi connectivity index (χ2v) is 5.80. The lowest BCUT2D eigenvalue weighted by Crippen LogP contribution is -2.11. The van der Waals surface area contributed by atoms with Crippen molar-refractivity contribution in [1.82, 2.24) is 9.97 Å². The van der Waals surface area contributed by atoms with Crippen molar-refractivity contribution in [3.05, 3.63) is 30.1 Å². The molecule has 0 amide bonds. The smallest absolute Gasteiger partial charge is 0.131 e. The van der Waals surface area contributed by atoms with Crippen LogP contribution in [0.2, 0.25) is 0 Å². The molecule has 4 heteroatoms. The average Bonchev–Trinajstić information content (AvgIpc) is 2.61. The summed E-state index contributed by atoms with van der Waals surface area (Å²) in [7, 11) is 0. The number of nitrogens with zero attached hydrogens (tertiary/aromatic N) is 1. The van der Waals surface area contributed by atoms with E-state index in [2.05, 4.69) is 9.97 Å². The molecule has 1 heterocycles. The molecule has 1 unspecified atom stereocenters. The third-order valence-electron chi connectivity index (χ3n) is 3.17. The molecule has 1 fully saturated rings. The Kier molecular flexibility index (Phi) is 1.70. The molecule has 1 aliphatic rings. The molecule has 0 aliphatic heterocycles. The molecular weight excluding hydrogens is 231 g/mol. The van der Waals surface area contributed by atoms with Gasteiger partial charge >= 0.3 is 0 Å². The number of H-pyrrole nitrogens is 1. The number of nitrogens with one attached hydrogen (secondary N) is 1. The summed E-state index contributed by atoms with van der Waals surface area (Å²) >= 11 is 12.2. The first-order chi connectivity index (χ1) is 7.03. The first-order valence-corrected chi connectivity index (χ1v) is 5.62. The highest BCUT2D eigenvalue weighted by molar-refractivity contribution is 6.52. The van der Waals surface area contributed by atoms with Crippen molar-refractivity contribution in [2.24, 2.45) is 0 Å². The van der Waals surface area contributed by atoms with E-state index in [-0.39, 0.29) is 5.41 Å². The first kappa shape index (κ1) is 9.49. The second-order valence-electron chi connectivity index (χ2n) is 4.32. The molecule has 1 atom stereocenters. The summed E-state index contributed by atoms with van der Waals surface area (Å²) in [6, 6.07) is 7.93. The van der Waals surface area contributed by atoms with E-state index in [1.54, 1.807) is 0 Å². The van der Waals surface area contributed by atoms with Gasteiger partial charge < -0.3 is 4.98 Å². The maximum atomic E-state index is 6.12. The Morgan fingerprint density at radius 1 is 1.33 bits per heavy atom. The van der Waals surface area contributed by atoms with Crippen LogP contribution in [-0.4, -0.2) is 14.3 Å². The fourth-order valence-corrected chi connectivity index (χ4v) is 2.58. The minimum atomic E-state index is -0.666. The highest BCUT2D eigenvalue weighted by Gasteiger charge is 2.65. The minimum absolute atomic E-state index is 0.227. The van der Waals surface area contributed by atoms with Gasteiger partial charge in [-0.1, -0.05) is 12.1 Å². The van der Waals surface area contributed by atoms with E-state index in [9.17, 15) is 0 Å². The summed E-state index contributed by atoms with van der Waals surface area (Å²) in [6.45, 7) is 2.03. The number of rotatable bonds is 1. The number of aromatic amines is 1. The van der Waals surface area contributed by atoms with Gasteiger partial charge in [-0.2, -0.15) is 0 Å². The van der Waals surface area contributed by atoms with E-state index in [0.717, 1.165) is 23.3 Å². The van der Waals surface area contributed by atoms with Crippen LogP contribution in [-0.2, 0) is 5.41 Å². The van der Waals surface area contributed by atoms with E-state index >= 15 is 0 Å². The van der Waals surface area contributed by atoms with Gasteiger partial charge in [0, 0.05) is 0 Å². The number of para-hydroxylation sites is 2. The van der Waals surface area contributed by atoms with Crippen molar-refractivity contribution in [2.75, 3.05) is 0 Å². The summed E-state index contributed by atoms with van der Waals surface area (Å²) < 4.78 is -0.666. The molecule has 0 saturated heterocycles. The number of benzene rings is 1. The van der Waals surface area contributed by atoms with Crippen molar-refractivity contribution in [3.63, 3.8) is 0 Å². The lowest BCUT2D eigenvalue weighted by atomic mass is 10.1. The Balaban J connectivity index is 2.14. The highest BCUT2D eigenvalue weighted by atomic mass is 35.5. The van der Waals surface area contributed by atoms with Gasteiger partial charge in [0.05, 0.1) is 16.4 Å². The quantitative estimate of drug-likeness (QED) is 0.761. The lowest BCUT2D eigenvalue weighted by molar-refractivity contribution is 0.717. The lowest BCUT2D eigenvalue weighted by Gasteiger charge is -2.07. The summed E-state index contributed by atoms with van der Waals surface area (Å²) in [5.41, 5.74) is 1.77. The number of halogens is 2. The molecule has 0 spiro atoms. The van der Waals surface area contributed by atoms with Crippen LogP contribution in [0.25, 0.3) is 11.0 Å². The van der Waals surface area contributed by atoms with E-state index in [1.807, 2.05) is 31.2 Å². The summed E-state index contributed by atoms with van der Waals surface area (Å²) in [5, 5.41) is 0. The molecule has 3 rings (SSSR count). The topological polar surface area (TPSA) is 28.7 Å². The molecule has 2 aromatic rings.